The van der Waals surface area contributed by atoms with Crippen LogP contribution >= 0.6 is 0 Å². The van der Waals surface area contributed by atoms with Crippen LogP contribution in [0.15, 0.2) is 24.4 Å². The van der Waals surface area contributed by atoms with E-state index in [-0.39, 0.29) is 0 Å². The Labute approximate surface area is 117 Å². The zero-order chi connectivity index (χ0) is 13.9. The third-order valence-corrected chi connectivity index (χ3v) is 3.26. The minimum atomic E-state index is 0.585. The van der Waals surface area contributed by atoms with Gasteiger partial charge in [0.1, 0.15) is 5.69 Å². The van der Waals surface area contributed by atoms with Crippen molar-refractivity contribution in [1.82, 2.24) is 9.78 Å². The molecule has 20 heavy (non-hydrogen) atoms. The molecular weight excluding hydrogens is 256 g/mol. The fourth-order valence-electron chi connectivity index (χ4n) is 2.22. The summed E-state index contributed by atoms with van der Waals surface area (Å²) in [6.45, 7) is 4.02. The van der Waals surface area contributed by atoms with Gasteiger partial charge < -0.3 is 9.47 Å². The first-order valence-corrected chi connectivity index (χ1v) is 6.74. The first-order valence-electron chi connectivity index (χ1n) is 6.74. The lowest BCUT2D eigenvalue weighted by atomic mass is 10.1. The van der Waals surface area contributed by atoms with Gasteiger partial charge in [0, 0.05) is 24.7 Å². The molecule has 104 valence electrons. The number of aryl methyl sites for hydroxylation is 1. The van der Waals surface area contributed by atoms with Gasteiger partial charge in [0.2, 0.25) is 0 Å². The molecule has 0 aliphatic carbocycles. The van der Waals surface area contributed by atoms with Crippen LogP contribution in [0.2, 0.25) is 0 Å². The molecule has 2 heterocycles. The Morgan fingerprint density at radius 2 is 2.10 bits per heavy atom. The van der Waals surface area contributed by atoms with Gasteiger partial charge in [-0.05, 0) is 25.1 Å². The summed E-state index contributed by atoms with van der Waals surface area (Å²) in [5, 5.41) is 4.43. The van der Waals surface area contributed by atoms with Crippen molar-refractivity contribution in [3.8, 4) is 22.8 Å². The molecule has 0 saturated heterocycles. The summed E-state index contributed by atoms with van der Waals surface area (Å²) < 4.78 is 13.0. The van der Waals surface area contributed by atoms with Crippen molar-refractivity contribution in [2.45, 2.75) is 19.9 Å². The summed E-state index contributed by atoms with van der Waals surface area (Å²) in [5.41, 5.74) is 2.13. The number of rotatable bonds is 3. The molecule has 3 rings (SSSR count). The highest BCUT2D eigenvalue weighted by Gasteiger charge is 2.15. The van der Waals surface area contributed by atoms with Gasteiger partial charge in [-0.25, -0.2) is 0 Å². The maximum absolute atomic E-state index is 11.2. The number of aromatic nitrogens is 2. The highest BCUT2D eigenvalue weighted by atomic mass is 16.5. The number of hydrogen-bond donors (Lipinski definition) is 0. The first-order chi connectivity index (χ1) is 9.81. The molecular formula is C15H16N2O3. The third-order valence-electron chi connectivity index (χ3n) is 3.26. The zero-order valence-electron chi connectivity index (χ0n) is 11.3. The van der Waals surface area contributed by atoms with Gasteiger partial charge >= 0.3 is 0 Å². The van der Waals surface area contributed by atoms with Crippen LogP contribution in [-0.4, -0.2) is 29.3 Å². The second-order valence-corrected chi connectivity index (χ2v) is 4.62. The molecule has 1 aliphatic rings. The van der Waals surface area contributed by atoms with E-state index < -0.39 is 0 Å². The molecule has 0 spiro atoms. The number of ether oxygens (including phenoxy) is 2. The quantitative estimate of drug-likeness (QED) is 0.806. The Morgan fingerprint density at radius 1 is 1.30 bits per heavy atom. The van der Waals surface area contributed by atoms with E-state index >= 15 is 0 Å². The van der Waals surface area contributed by atoms with Crippen LogP contribution in [-0.2, 0) is 6.54 Å². The SMILES string of the molecule is CCn1cc(C=O)c(-c2ccc3c(c2)OCCCO3)n1. The Kier molecular flexibility index (Phi) is 3.41. The maximum Gasteiger partial charge on any atom is 0.161 e. The highest BCUT2D eigenvalue weighted by Crippen LogP contribution is 2.34. The Hall–Kier alpha value is -2.30. The van der Waals surface area contributed by atoms with Crippen molar-refractivity contribution >= 4 is 6.29 Å². The van der Waals surface area contributed by atoms with Crippen molar-refractivity contribution in [2.75, 3.05) is 13.2 Å². The molecule has 0 amide bonds. The Morgan fingerprint density at radius 3 is 2.85 bits per heavy atom. The number of aldehydes is 1. The highest BCUT2D eigenvalue weighted by molar-refractivity contribution is 5.85. The van der Waals surface area contributed by atoms with Crippen LogP contribution in [0, 0.1) is 0 Å². The molecule has 0 bridgehead atoms. The van der Waals surface area contributed by atoms with E-state index in [1.165, 1.54) is 0 Å². The van der Waals surface area contributed by atoms with Crippen molar-refractivity contribution in [1.29, 1.82) is 0 Å². The van der Waals surface area contributed by atoms with Gasteiger partial charge in [-0.3, -0.25) is 9.48 Å². The second kappa shape index (κ2) is 5.36. The minimum absolute atomic E-state index is 0.585. The molecule has 0 radical (unpaired) electrons. The number of carbonyl (C=O) groups is 1. The second-order valence-electron chi connectivity index (χ2n) is 4.62. The topological polar surface area (TPSA) is 53.4 Å². The maximum atomic E-state index is 11.2. The number of hydrogen-bond acceptors (Lipinski definition) is 4. The molecule has 2 aromatic rings. The van der Waals surface area contributed by atoms with E-state index in [1.807, 2.05) is 25.1 Å². The fraction of sp³-hybridized carbons (Fsp3) is 0.333. The van der Waals surface area contributed by atoms with Crippen LogP contribution in [0.25, 0.3) is 11.3 Å². The van der Waals surface area contributed by atoms with Crippen molar-refractivity contribution < 1.29 is 14.3 Å². The van der Waals surface area contributed by atoms with Crippen molar-refractivity contribution in [3.05, 3.63) is 30.0 Å². The number of benzene rings is 1. The standard InChI is InChI=1S/C15H16N2O3/c1-2-17-9-12(10-18)15(16-17)11-4-5-13-14(8-11)20-7-3-6-19-13/h4-5,8-10H,2-3,6-7H2,1H3. The van der Waals surface area contributed by atoms with Crippen molar-refractivity contribution in [2.24, 2.45) is 0 Å². The molecule has 5 heteroatoms. The number of carbonyl (C=O) groups excluding carboxylic acids is 1. The normalized spacial score (nSPS) is 13.8. The average Bonchev–Trinajstić information content (AvgIpc) is 2.77. The van der Waals surface area contributed by atoms with Crippen LogP contribution in [0.1, 0.15) is 23.7 Å². The van der Waals surface area contributed by atoms with E-state index in [9.17, 15) is 4.79 Å². The predicted octanol–water partition coefficient (Wildman–Crippen LogP) is 2.54. The average molecular weight is 272 g/mol. The van der Waals surface area contributed by atoms with E-state index in [1.54, 1.807) is 10.9 Å². The van der Waals surface area contributed by atoms with Crippen LogP contribution < -0.4 is 9.47 Å². The molecule has 1 aromatic heterocycles. The Bertz CT molecular complexity index is 634. The molecule has 0 fully saturated rings. The van der Waals surface area contributed by atoms with Crippen LogP contribution in [0.4, 0.5) is 0 Å². The van der Waals surface area contributed by atoms with E-state index in [4.69, 9.17) is 9.47 Å². The van der Waals surface area contributed by atoms with E-state index in [2.05, 4.69) is 5.10 Å². The molecule has 5 nitrogen and oxygen atoms in total. The molecule has 0 saturated carbocycles. The largest absolute Gasteiger partial charge is 0.490 e. The summed E-state index contributed by atoms with van der Waals surface area (Å²) >= 11 is 0. The summed E-state index contributed by atoms with van der Waals surface area (Å²) in [7, 11) is 0. The third kappa shape index (κ3) is 2.27. The number of fused-ring (bicyclic) bond motifs is 1. The summed E-state index contributed by atoms with van der Waals surface area (Å²) in [5.74, 6) is 1.46. The monoisotopic (exact) mass is 272 g/mol. The molecule has 0 unspecified atom stereocenters. The van der Waals surface area contributed by atoms with Crippen LogP contribution in [0.5, 0.6) is 11.5 Å². The zero-order valence-corrected chi connectivity index (χ0v) is 11.3. The lowest BCUT2D eigenvalue weighted by Gasteiger charge is -2.08. The summed E-state index contributed by atoms with van der Waals surface area (Å²) in [6.07, 6.45) is 3.46. The summed E-state index contributed by atoms with van der Waals surface area (Å²) in [4.78, 5) is 11.2. The van der Waals surface area contributed by atoms with E-state index in [0.717, 1.165) is 30.6 Å². The van der Waals surface area contributed by atoms with Gasteiger partial charge in [0.25, 0.3) is 0 Å². The van der Waals surface area contributed by atoms with Crippen molar-refractivity contribution in [3.63, 3.8) is 0 Å². The predicted molar refractivity (Wildman–Crippen MR) is 74.3 cm³/mol. The van der Waals surface area contributed by atoms with Gasteiger partial charge in [-0.1, -0.05) is 0 Å². The molecule has 1 aliphatic heterocycles. The lowest BCUT2D eigenvalue weighted by molar-refractivity contribution is 0.112. The summed E-state index contributed by atoms with van der Waals surface area (Å²) in [6, 6.07) is 5.66. The fourth-order valence-corrected chi connectivity index (χ4v) is 2.22. The molecule has 0 N–H and O–H groups in total. The van der Waals surface area contributed by atoms with Gasteiger partial charge in [0.15, 0.2) is 17.8 Å². The number of nitrogens with zero attached hydrogens (tertiary/aromatic N) is 2. The molecule has 1 aromatic carbocycles. The smallest absolute Gasteiger partial charge is 0.161 e. The van der Waals surface area contributed by atoms with E-state index in [0.29, 0.717) is 30.2 Å². The molecule has 0 atom stereocenters. The minimum Gasteiger partial charge on any atom is -0.490 e. The van der Waals surface area contributed by atoms with Gasteiger partial charge in [0.05, 0.1) is 18.8 Å². The van der Waals surface area contributed by atoms with Crippen LogP contribution in [0.3, 0.4) is 0 Å². The first kappa shape index (κ1) is 12.7. The van der Waals surface area contributed by atoms with Gasteiger partial charge in [-0.2, -0.15) is 5.10 Å². The lowest BCUT2D eigenvalue weighted by Crippen LogP contribution is -1.97. The Balaban J connectivity index is 2.04. The van der Waals surface area contributed by atoms with Gasteiger partial charge in [-0.15, -0.1) is 0 Å².